The Hall–Kier alpha value is -3.15. The van der Waals surface area contributed by atoms with Gasteiger partial charge in [-0.05, 0) is 56.5 Å². The van der Waals surface area contributed by atoms with E-state index >= 15 is 0 Å². The lowest BCUT2D eigenvalue weighted by molar-refractivity contribution is 0.0706. The van der Waals surface area contributed by atoms with Gasteiger partial charge in [0.25, 0.3) is 5.91 Å². The molecular formula is C25H26FN3O2. The van der Waals surface area contributed by atoms with Crippen molar-refractivity contribution in [2.24, 2.45) is 0 Å². The van der Waals surface area contributed by atoms with E-state index in [1.54, 1.807) is 11.0 Å². The van der Waals surface area contributed by atoms with E-state index in [1.165, 1.54) is 17.3 Å². The summed E-state index contributed by atoms with van der Waals surface area (Å²) in [5.41, 5.74) is 5.37. The second-order valence-corrected chi connectivity index (χ2v) is 8.51. The summed E-state index contributed by atoms with van der Waals surface area (Å²) in [6.45, 7) is 5.84. The Morgan fingerprint density at radius 3 is 2.68 bits per heavy atom. The molecule has 3 heterocycles. The van der Waals surface area contributed by atoms with Gasteiger partial charge in [-0.3, -0.25) is 4.79 Å². The van der Waals surface area contributed by atoms with Crippen LogP contribution in [0.5, 0.6) is 5.75 Å². The molecule has 6 heteroatoms. The van der Waals surface area contributed by atoms with E-state index in [2.05, 4.69) is 25.1 Å². The summed E-state index contributed by atoms with van der Waals surface area (Å²) in [4.78, 5) is 14.8. The van der Waals surface area contributed by atoms with Crippen LogP contribution in [-0.4, -0.2) is 40.3 Å². The molecule has 0 atom stereocenters. The van der Waals surface area contributed by atoms with Crippen molar-refractivity contribution in [3.8, 4) is 11.4 Å². The zero-order valence-corrected chi connectivity index (χ0v) is 17.9. The van der Waals surface area contributed by atoms with Crippen LogP contribution < -0.4 is 4.74 Å². The number of carbonyl (C=O) groups excluding carboxylic acids is 1. The summed E-state index contributed by atoms with van der Waals surface area (Å²) in [7, 11) is 0. The molecule has 0 unspecified atom stereocenters. The van der Waals surface area contributed by atoms with Gasteiger partial charge in [0, 0.05) is 36.7 Å². The first-order valence-corrected chi connectivity index (χ1v) is 10.9. The van der Waals surface area contributed by atoms with Crippen molar-refractivity contribution >= 4 is 5.91 Å². The van der Waals surface area contributed by atoms with Gasteiger partial charge in [-0.1, -0.05) is 18.2 Å². The second-order valence-electron chi connectivity index (χ2n) is 8.51. The number of ether oxygens (including phenoxy) is 1. The molecule has 31 heavy (non-hydrogen) atoms. The smallest absolute Gasteiger partial charge is 0.256 e. The minimum atomic E-state index is -0.454. The highest BCUT2D eigenvalue weighted by molar-refractivity contribution is 5.95. The summed E-state index contributed by atoms with van der Waals surface area (Å²) in [5.74, 6) is 0.234. The standard InChI is InChI=1S/C25H26FN3O2/c1-16-5-3-4-6-22(16)29-23(13-17(2)27-29)18-7-10-28(11-8-18)25(30)20-15-24-19(9-12-31-24)14-21(20)26/h3-6,13-15,18H,7-12H2,1-2H3. The van der Waals surface area contributed by atoms with Crippen LogP contribution >= 0.6 is 0 Å². The van der Waals surface area contributed by atoms with Crippen molar-refractivity contribution in [3.63, 3.8) is 0 Å². The van der Waals surface area contributed by atoms with Crippen molar-refractivity contribution < 1.29 is 13.9 Å². The summed E-state index contributed by atoms with van der Waals surface area (Å²) >= 11 is 0. The SMILES string of the molecule is Cc1cc(C2CCN(C(=O)c3cc4c(cc3F)CCO4)CC2)n(-c2ccccc2C)n1. The van der Waals surface area contributed by atoms with Crippen molar-refractivity contribution in [2.75, 3.05) is 19.7 Å². The number of likely N-dealkylation sites (tertiary alicyclic amines) is 1. The van der Waals surface area contributed by atoms with Gasteiger partial charge >= 0.3 is 0 Å². The molecular weight excluding hydrogens is 393 g/mol. The monoisotopic (exact) mass is 419 g/mol. The van der Waals surface area contributed by atoms with Gasteiger partial charge in [-0.25, -0.2) is 9.07 Å². The van der Waals surface area contributed by atoms with Gasteiger partial charge in [0.1, 0.15) is 11.6 Å². The van der Waals surface area contributed by atoms with Crippen molar-refractivity contribution in [1.82, 2.24) is 14.7 Å². The highest BCUT2D eigenvalue weighted by Crippen LogP contribution is 2.33. The summed E-state index contributed by atoms with van der Waals surface area (Å²) in [6, 6.07) is 13.4. The van der Waals surface area contributed by atoms with Crippen LogP contribution in [0.25, 0.3) is 5.69 Å². The third-order valence-corrected chi connectivity index (χ3v) is 6.41. The Kier molecular flexibility index (Phi) is 5.00. The number of benzene rings is 2. The third-order valence-electron chi connectivity index (χ3n) is 6.41. The van der Waals surface area contributed by atoms with Gasteiger partial charge in [0.15, 0.2) is 0 Å². The molecule has 2 aliphatic heterocycles. The molecule has 1 aromatic heterocycles. The maximum Gasteiger partial charge on any atom is 0.256 e. The molecule has 3 aromatic rings. The number of nitrogens with zero attached hydrogens (tertiary/aromatic N) is 3. The van der Waals surface area contributed by atoms with Crippen molar-refractivity contribution in [1.29, 1.82) is 0 Å². The molecule has 5 rings (SSSR count). The summed E-state index contributed by atoms with van der Waals surface area (Å²) in [5, 5.41) is 4.74. The fourth-order valence-electron chi connectivity index (χ4n) is 4.71. The molecule has 0 spiro atoms. The number of halogens is 1. The van der Waals surface area contributed by atoms with Crippen LogP contribution in [0, 0.1) is 19.7 Å². The summed E-state index contributed by atoms with van der Waals surface area (Å²) < 4.78 is 22.1. The molecule has 5 nitrogen and oxygen atoms in total. The molecule has 1 fully saturated rings. The van der Waals surface area contributed by atoms with E-state index in [4.69, 9.17) is 9.84 Å². The highest BCUT2D eigenvalue weighted by Gasteiger charge is 2.29. The molecule has 2 aliphatic rings. The molecule has 0 radical (unpaired) electrons. The zero-order valence-electron chi connectivity index (χ0n) is 17.9. The van der Waals surface area contributed by atoms with E-state index in [1.807, 2.05) is 23.7 Å². The van der Waals surface area contributed by atoms with Crippen LogP contribution in [0.4, 0.5) is 4.39 Å². The Labute approximate surface area is 181 Å². The van der Waals surface area contributed by atoms with Crippen molar-refractivity contribution in [3.05, 3.63) is 76.4 Å². The Morgan fingerprint density at radius 2 is 1.90 bits per heavy atom. The van der Waals surface area contributed by atoms with Gasteiger partial charge in [-0.2, -0.15) is 5.10 Å². The van der Waals surface area contributed by atoms with Crippen LogP contribution in [0.1, 0.15) is 51.6 Å². The third kappa shape index (κ3) is 3.60. The predicted molar refractivity (Wildman–Crippen MR) is 117 cm³/mol. The Bertz CT molecular complexity index is 1150. The van der Waals surface area contributed by atoms with Gasteiger partial charge in [-0.15, -0.1) is 0 Å². The van der Waals surface area contributed by atoms with Crippen LogP contribution in [0.3, 0.4) is 0 Å². The van der Waals surface area contributed by atoms with E-state index in [9.17, 15) is 9.18 Å². The lowest BCUT2D eigenvalue weighted by Gasteiger charge is -2.32. The average Bonchev–Trinajstić information content (AvgIpc) is 3.39. The molecule has 1 amide bonds. The quantitative estimate of drug-likeness (QED) is 0.624. The number of hydrogen-bond donors (Lipinski definition) is 0. The topological polar surface area (TPSA) is 47.4 Å². The molecule has 0 N–H and O–H groups in total. The first-order chi connectivity index (χ1) is 15.0. The van der Waals surface area contributed by atoms with E-state index < -0.39 is 5.82 Å². The molecule has 0 bridgehead atoms. The molecule has 1 saturated heterocycles. The maximum atomic E-state index is 14.6. The molecule has 160 valence electrons. The second kappa shape index (κ2) is 7.84. The number of hydrogen-bond acceptors (Lipinski definition) is 3. The van der Waals surface area contributed by atoms with E-state index in [0.29, 0.717) is 37.8 Å². The average molecular weight is 420 g/mol. The highest BCUT2D eigenvalue weighted by atomic mass is 19.1. The minimum Gasteiger partial charge on any atom is -0.493 e. The number of carbonyl (C=O) groups is 1. The molecule has 2 aromatic carbocycles. The fourth-order valence-corrected chi connectivity index (χ4v) is 4.71. The normalized spacial score (nSPS) is 16.3. The Balaban J connectivity index is 1.34. The largest absolute Gasteiger partial charge is 0.493 e. The minimum absolute atomic E-state index is 0.111. The number of piperidine rings is 1. The molecule has 0 saturated carbocycles. The van der Waals surface area contributed by atoms with E-state index in [0.717, 1.165) is 29.8 Å². The fraction of sp³-hybridized carbons (Fsp3) is 0.360. The van der Waals surface area contributed by atoms with Crippen LogP contribution in [0.15, 0.2) is 42.5 Å². The first-order valence-electron chi connectivity index (χ1n) is 10.9. The number of rotatable bonds is 3. The lowest BCUT2D eigenvalue weighted by atomic mass is 9.92. The molecule has 0 aliphatic carbocycles. The van der Waals surface area contributed by atoms with Crippen molar-refractivity contribution in [2.45, 2.75) is 39.0 Å². The zero-order chi connectivity index (χ0) is 21.5. The van der Waals surface area contributed by atoms with Gasteiger partial charge in [0.05, 0.1) is 23.6 Å². The number of fused-ring (bicyclic) bond motifs is 1. The Morgan fingerprint density at radius 1 is 1.13 bits per heavy atom. The van der Waals surface area contributed by atoms with Crippen LogP contribution in [0.2, 0.25) is 0 Å². The predicted octanol–water partition coefficient (Wildman–Crippen LogP) is 4.58. The van der Waals surface area contributed by atoms with E-state index in [-0.39, 0.29) is 11.5 Å². The number of amides is 1. The van der Waals surface area contributed by atoms with Gasteiger partial charge < -0.3 is 9.64 Å². The number of aryl methyl sites for hydroxylation is 2. The number of para-hydroxylation sites is 1. The lowest BCUT2D eigenvalue weighted by Crippen LogP contribution is -2.38. The maximum absolute atomic E-state index is 14.6. The number of aromatic nitrogens is 2. The van der Waals surface area contributed by atoms with Gasteiger partial charge in [0.2, 0.25) is 0 Å². The first kappa shape index (κ1) is 19.8. The summed E-state index contributed by atoms with van der Waals surface area (Å²) in [6.07, 6.45) is 2.34. The van der Waals surface area contributed by atoms with Crippen LogP contribution in [-0.2, 0) is 6.42 Å².